The fraction of sp³-hybridized carbons (Fsp3) is 0.489. The average Bonchev–Trinajstić information content (AvgIpc) is 1.68. The number of pyridine rings is 1. The van der Waals surface area contributed by atoms with Crippen molar-refractivity contribution in [1.29, 1.82) is 0 Å². The molecule has 0 aromatic carbocycles. The number of alkyl halides is 3. The normalized spacial score (nSPS) is 12.7. The Labute approximate surface area is 761 Å². The minimum absolute atomic E-state index is 0. The number of hydrogen-bond donors (Lipinski definition) is 1. The van der Waals surface area contributed by atoms with Gasteiger partial charge in [-0.05, 0) is 54.6 Å². The van der Waals surface area contributed by atoms with Gasteiger partial charge in [0.15, 0.2) is 21.5 Å². The number of nitrogens with zero attached hydrogens (tertiary/aromatic N) is 27. The van der Waals surface area contributed by atoms with Gasteiger partial charge in [-0.3, -0.25) is 8.80 Å². The lowest BCUT2D eigenvalue weighted by Crippen LogP contribution is -2.17. The van der Waals surface area contributed by atoms with E-state index in [0.29, 0.717) is 17.4 Å². The lowest BCUT2D eigenvalue weighted by Gasteiger charge is -2.19. The van der Waals surface area contributed by atoms with Crippen LogP contribution in [0.5, 0.6) is 0 Å². The molecule has 28 nitrogen and oxygen atoms in total. The number of nitrogen functional groups attached to an aromatic ring is 1. The molecule has 127 heavy (non-hydrogen) atoms. The van der Waals surface area contributed by atoms with E-state index in [9.17, 15) is 13.2 Å². The Hall–Kier alpha value is -10.9. The van der Waals surface area contributed by atoms with E-state index in [1.807, 2.05) is 134 Å². The zero-order valence-electron chi connectivity index (χ0n) is 78.8. The zero-order chi connectivity index (χ0) is 93.3. The van der Waals surface area contributed by atoms with Crippen LogP contribution in [-0.4, -0.2) is 136 Å². The number of anilines is 1. The van der Waals surface area contributed by atoms with Crippen LogP contribution in [0, 0.1) is 6.92 Å². The third-order valence-corrected chi connectivity index (χ3v) is 21.9. The minimum Gasteiger partial charge on any atom is -0.368 e. The maximum Gasteiger partial charge on any atom is 0.434 e. The smallest absolute Gasteiger partial charge is 0.368 e. The molecule has 18 heterocycles. The summed E-state index contributed by atoms with van der Waals surface area (Å²) < 4.78 is 56.0. The van der Waals surface area contributed by atoms with Gasteiger partial charge in [-0.1, -0.05) is 249 Å². The third-order valence-electron chi connectivity index (χ3n) is 18.9. The molecule has 0 aliphatic carbocycles. The fourth-order valence-corrected chi connectivity index (χ4v) is 14.1. The summed E-state index contributed by atoms with van der Waals surface area (Å²) in [5.41, 5.74) is 19.8. The van der Waals surface area contributed by atoms with Gasteiger partial charge in [0.2, 0.25) is 21.6 Å². The Morgan fingerprint density at radius 3 is 1.42 bits per heavy atom. The van der Waals surface area contributed by atoms with E-state index < -0.39 is 11.9 Å². The standard InChI is InChI=1S/C11H12F3N3.C11H14N2.C10H13N3.C9H12N4.C9H14N2S.C9H12N2S.C9H14N2.C8H11N3S.C8H13N3.C7H10N4S.CH4/c1-10(2,3)7-4-5-17-6-8(11(12,13)14)16-9(17)15-7;1-11(2,3)9-8-13-7-5-4-6-10(13)12-9;1-10(2,3)8-4-6-11-9-5-7-12-13(8)9;1-9(2,3)7-4-5-10-8-11-6-12-13(7)8;2*1-9(2,3)7-6-11-4-5-12-8(11)10-7;1-7-10-6-5-8(11-7)9(2,3)4;1-8(2,3)6-4-11-7(10-6)12-5-9-11;1-8(2,3)6-4-5-10-7(9)11-6;1-7(2,3)5-4-11-6(8-5)12-10-9-11;/h4-6H,1-3H3;4-8H,1-3H3;4-7H,1-3H3;4-6H,1-3H3;6H,4-5H2,1-3H3;4-6H,1-3H3;5-6H,1-4H3;4-5H,1-3H3;4-5H,1-3H3,(H2,9,10,11);4H,1-3H3;1H4. The van der Waals surface area contributed by atoms with Crippen LogP contribution in [0.15, 0.2) is 164 Å². The molecule has 2 N–H and O–H groups in total. The van der Waals surface area contributed by atoms with Gasteiger partial charge in [0.25, 0.3) is 5.78 Å². The number of aromatic nitrogens is 27. The fourth-order valence-electron chi connectivity index (χ4n) is 11.4. The van der Waals surface area contributed by atoms with Gasteiger partial charge in [0, 0.05) is 163 Å². The summed E-state index contributed by atoms with van der Waals surface area (Å²) in [7, 11) is 0. The first kappa shape index (κ1) is 101. The molecule has 1 aliphatic heterocycles. The highest BCUT2D eigenvalue weighted by Gasteiger charge is 2.35. The van der Waals surface area contributed by atoms with Crippen LogP contribution >= 0.6 is 46.0 Å². The molecule has 0 unspecified atom stereocenters. The molecule has 0 saturated carbocycles. The number of fused-ring (bicyclic) bond motifs is 8. The van der Waals surface area contributed by atoms with E-state index in [1.54, 1.807) is 68.1 Å². The number of thioether (sulfide) groups is 1. The van der Waals surface area contributed by atoms with Gasteiger partial charge in [-0.15, -0.1) is 11.3 Å². The number of hydrogen-bond acceptors (Lipinski definition) is 24. The molecule has 0 radical (unpaired) electrons. The van der Waals surface area contributed by atoms with Crippen LogP contribution in [-0.2, 0) is 66.9 Å². The molecule has 0 saturated heterocycles. The minimum atomic E-state index is -4.43. The molecule has 0 amide bonds. The highest BCUT2D eigenvalue weighted by atomic mass is 32.2. The highest BCUT2D eigenvalue weighted by Crippen LogP contribution is 2.33. The van der Waals surface area contributed by atoms with Crippen molar-refractivity contribution in [2.24, 2.45) is 0 Å². The highest BCUT2D eigenvalue weighted by molar-refractivity contribution is 7.99. The molecule has 17 aromatic heterocycles. The van der Waals surface area contributed by atoms with Crippen molar-refractivity contribution in [3.8, 4) is 0 Å². The van der Waals surface area contributed by atoms with Gasteiger partial charge in [0.05, 0.1) is 69.8 Å². The van der Waals surface area contributed by atoms with Crippen molar-refractivity contribution < 1.29 is 13.2 Å². The van der Waals surface area contributed by atoms with E-state index in [4.69, 9.17) is 5.73 Å². The molecule has 0 fully saturated rings. The first-order valence-electron chi connectivity index (χ1n) is 41.5. The Kier molecular flexibility index (Phi) is 32.1. The Bertz CT molecular complexity index is 5850. The van der Waals surface area contributed by atoms with Crippen LogP contribution in [0.25, 0.3) is 37.7 Å². The molecule has 0 bridgehead atoms. The summed E-state index contributed by atoms with van der Waals surface area (Å²) in [6.07, 6.45) is 22.8. The monoisotopic (exact) mass is 1810 g/mol. The molecule has 1 aliphatic rings. The first-order chi connectivity index (χ1) is 58.2. The summed E-state index contributed by atoms with van der Waals surface area (Å²) in [6, 6.07) is 17.5. The lowest BCUT2D eigenvalue weighted by molar-refractivity contribution is -0.140. The number of imidazole rings is 6. The van der Waals surface area contributed by atoms with E-state index in [1.165, 1.54) is 44.6 Å². The average molecular weight is 1810 g/mol. The van der Waals surface area contributed by atoms with Crippen molar-refractivity contribution >= 4 is 89.6 Å². The summed E-state index contributed by atoms with van der Waals surface area (Å²) in [5.74, 6) is 3.11. The van der Waals surface area contributed by atoms with E-state index in [2.05, 4.69) is 319 Å². The van der Waals surface area contributed by atoms with Crippen molar-refractivity contribution in [2.45, 2.75) is 294 Å². The second-order valence-corrected chi connectivity index (χ2v) is 44.0. The zero-order valence-corrected chi connectivity index (χ0v) is 82.1. The predicted molar refractivity (Wildman–Crippen MR) is 509 cm³/mol. The van der Waals surface area contributed by atoms with Gasteiger partial charge in [-0.2, -0.15) is 38.0 Å². The SMILES string of the molecule is C.CC(C)(C)c1ccn2cc(C(F)(F)F)nc2n1.CC(C)(C)c1ccnc(N)n1.CC(C)(C)c1ccnc2ccnn12.CC(C)(C)c1ccnc2ncnn12.CC(C)(C)c1cn2c(n1)SCC2.CC(C)(C)c1cn2ccccc2n1.CC(C)(C)c1cn2ccsc2n1.CC(C)(C)c1cn2ncsc2n1.CC(C)(C)c1cn2nnsc2n1.Cc1nccc(C(C)(C)C)n1. The summed E-state index contributed by atoms with van der Waals surface area (Å²) in [6.45, 7) is 67.1. The van der Waals surface area contributed by atoms with Gasteiger partial charge < -0.3 is 14.7 Å². The van der Waals surface area contributed by atoms with Crippen LogP contribution in [0.4, 0.5) is 19.1 Å². The van der Waals surface area contributed by atoms with Gasteiger partial charge in [-0.25, -0.2) is 78.3 Å². The van der Waals surface area contributed by atoms with Crippen LogP contribution in [0.1, 0.15) is 284 Å². The molecule has 35 heteroatoms. The third kappa shape index (κ3) is 28.5. The van der Waals surface area contributed by atoms with Crippen LogP contribution < -0.4 is 5.73 Å². The first-order valence-corrected chi connectivity index (χ1v) is 45.1. The molecule has 17 aromatic rings. The molecule has 18 rings (SSSR count). The molecule has 0 spiro atoms. The summed E-state index contributed by atoms with van der Waals surface area (Å²) >= 11 is 6.41. The van der Waals surface area contributed by atoms with Crippen molar-refractivity contribution in [1.82, 2.24) is 131 Å². The molecular weight excluding hydrogens is 1680 g/mol. The Morgan fingerprint density at radius 2 is 0.882 bits per heavy atom. The van der Waals surface area contributed by atoms with E-state index in [-0.39, 0.29) is 67.4 Å². The maximum absolute atomic E-state index is 12.5. The number of nitrogens with two attached hydrogens (primary N) is 1. The summed E-state index contributed by atoms with van der Waals surface area (Å²) in [4.78, 5) is 61.7. The van der Waals surface area contributed by atoms with E-state index in [0.717, 1.165) is 84.6 Å². The Balaban J connectivity index is 0.000000175. The quantitative estimate of drug-likeness (QED) is 0.147. The number of aryl methyl sites for hydroxylation is 2. The van der Waals surface area contributed by atoms with Gasteiger partial charge >= 0.3 is 6.18 Å². The van der Waals surface area contributed by atoms with Crippen molar-refractivity contribution in [2.75, 3.05) is 11.5 Å². The molecular formula is C92H129F3N28S4. The second kappa shape index (κ2) is 40.2. The Morgan fingerprint density at radius 1 is 0.370 bits per heavy atom. The maximum atomic E-state index is 12.5. The number of rotatable bonds is 0. The second-order valence-electron chi connectivity index (χ2n) is 40.5. The largest absolute Gasteiger partial charge is 0.434 e. The number of thiazole rings is 1. The number of halogens is 3. The van der Waals surface area contributed by atoms with Crippen LogP contribution in [0.2, 0.25) is 0 Å². The lowest BCUT2D eigenvalue weighted by atomic mass is 9.92. The van der Waals surface area contributed by atoms with Crippen LogP contribution in [0.3, 0.4) is 0 Å². The van der Waals surface area contributed by atoms with E-state index >= 15 is 0 Å². The summed E-state index contributed by atoms with van der Waals surface area (Å²) in [5, 5.41) is 19.6. The van der Waals surface area contributed by atoms with Crippen molar-refractivity contribution in [3.05, 3.63) is 227 Å². The van der Waals surface area contributed by atoms with Gasteiger partial charge in [0.1, 0.15) is 23.3 Å². The predicted octanol–water partition coefficient (Wildman–Crippen LogP) is 21.8. The molecule has 0 atom stereocenters. The topological polar surface area (TPSA) is 307 Å². The van der Waals surface area contributed by atoms with Crippen molar-refractivity contribution in [3.63, 3.8) is 0 Å². The molecule has 682 valence electrons.